The minimum absolute atomic E-state index is 0.0363. The van der Waals surface area contributed by atoms with E-state index in [0.29, 0.717) is 124 Å². The molecule has 0 saturated carbocycles. The lowest BCUT2D eigenvalue weighted by Crippen LogP contribution is -2.54. The fourth-order valence-corrected chi connectivity index (χ4v) is 5.93. The van der Waals surface area contributed by atoms with Crippen LogP contribution in [0.15, 0.2) is 0 Å². The number of aliphatic hydroxyl groups excluding tert-OH is 2. The van der Waals surface area contributed by atoms with E-state index in [9.17, 15) is 48.6 Å². The van der Waals surface area contributed by atoms with Gasteiger partial charge < -0.3 is 90.5 Å². The van der Waals surface area contributed by atoms with Gasteiger partial charge in [0.1, 0.15) is 44.7 Å². The Labute approximate surface area is 413 Å². The van der Waals surface area contributed by atoms with Crippen molar-refractivity contribution in [1.82, 2.24) is 37.2 Å². The number of hydrogen-bond donors (Lipinski definition) is 10. The first-order chi connectivity index (χ1) is 33.7. The predicted molar refractivity (Wildman–Crippen MR) is 251 cm³/mol. The van der Waals surface area contributed by atoms with Crippen LogP contribution < -0.4 is 43.0 Å². The summed E-state index contributed by atoms with van der Waals surface area (Å²) in [5.41, 5.74) is 4.92. The van der Waals surface area contributed by atoms with Gasteiger partial charge in [-0.1, -0.05) is 0 Å². The van der Waals surface area contributed by atoms with Crippen LogP contribution in [0.3, 0.4) is 0 Å². The van der Waals surface area contributed by atoms with Crippen LogP contribution in [0.25, 0.3) is 0 Å². The first kappa shape index (κ1) is 65.7. The molecule has 7 amide bonds. The highest BCUT2D eigenvalue weighted by Gasteiger charge is 2.24. The first-order valence-corrected chi connectivity index (χ1v) is 24.2. The molecule has 0 aliphatic rings. The fraction of sp³-hybridized carbons (Fsp3) is 0.810. The Morgan fingerprint density at radius 1 is 0.529 bits per heavy atom. The third-order valence-electron chi connectivity index (χ3n) is 8.44. The molecule has 0 rings (SSSR count). The molecule has 0 spiro atoms. The first-order valence-electron chi connectivity index (χ1n) is 23.0. The molecule has 11 N–H and O–H groups in total. The molecule has 0 aromatic heterocycles. The number of amides is 7. The van der Waals surface area contributed by atoms with Gasteiger partial charge in [-0.3, -0.25) is 43.7 Å². The number of ether oxygens (including phenoxy) is 9. The zero-order valence-electron chi connectivity index (χ0n) is 40.6. The second kappa shape index (κ2) is 47.0. The quantitative estimate of drug-likeness (QED) is 0.0155. The minimum Gasteiger partial charge on any atom is -0.465 e. The molecule has 0 aromatic rings. The number of hydrogen-bond acceptors (Lipinski definition) is 21. The van der Waals surface area contributed by atoms with Gasteiger partial charge in [-0.05, 0) is 32.2 Å². The third-order valence-corrected chi connectivity index (χ3v) is 9.46. The Morgan fingerprint density at radius 2 is 1.01 bits per heavy atom. The van der Waals surface area contributed by atoms with Crippen molar-refractivity contribution in [2.24, 2.45) is 5.73 Å². The Balaban J connectivity index is 4.30. The summed E-state index contributed by atoms with van der Waals surface area (Å²) in [6.07, 6.45) is 1.22. The van der Waals surface area contributed by atoms with Crippen molar-refractivity contribution in [1.29, 1.82) is 0 Å². The zero-order chi connectivity index (χ0) is 51.9. The maximum absolute atomic E-state index is 13.1. The maximum Gasteiger partial charge on any atom is 0.302 e. The molecule has 1 unspecified atom stereocenters. The van der Waals surface area contributed by atoms with Gasteiger partial charge in [0, 0.05) is 71.4 Å². The van der Waals surface area contributed by atoms with Crippen LogP contribution >= 0.6 is 11.8 Å². The number of thioether (sulfide) groups is 1. The molecule has 0 heterocycles. The molecule has 28 heteroatoms. The van der Waals surface area contributed by atoms with Crippen molar-refractivity contribution >= 4 is 59.1 Å². The number of carbonyl (C=O) groups is 8. The highest BCUT2D eigenvalue weighted by molar-refractivity contribution is 7.99. The molecular formula is C42H78N8O19S. The number of nitrogens with one attached hydrogen (secondary N) is 7. The molecule has 0 aliphatic heterocycles. The summed E-state index contributed by atoms with van der Waals surface area (Å²) in [6.45, 7) is 6.29. The summed E-state index contributed by atoms with van der Waals surface area (Å²) in [7, 11) is 0. The van der Waals surface area contributed by atoms with Gasteiger partial charge in [0.05, 0.1) is 72.6 Å². The van der Waals surface area contributed by atoms with E-state index in [1.807, 2.05) is 0 Å². The number of primary amides is 1. The predicted octanol–water partition coefficient (Wildman–Crippen LogP) is -5.18. The molecule has 0 aromatic carbocycles. The SMILES string of the molecule is CC(=O)NCCCOCCOCCOCCCNC(O)COCC(=O)N[C@@H](CSCCOC(C)=O)C(=O)NCC(=O)N[C@H](CO)C(=O)NCCCOCCOCCOCCCNC(=O)COCC(N)=O. The van der Waals surface area contributed by atoms with Gasteiger partial charge in [-0.25, -0.2) is 0 Å². The molecule has 0 fully saturated rings. The van der Waals surface area contributed by atoms with E-state index < -0.39 is 73.6 Å². The van der Waals surface area contributed by atoms with E-state index in [1.54, 1.807) is 0 Å². The molecular weight excluding hydrogens is 953 g/mol. The molecule has 406 valence electrons. The second-order valence-corrected chi connectivity index (χ2v) is 15.9. The van der Waals surface area contributed by atoms with Gasteiger partial charge in [-0.2, -0.15) is 11.8 Å². The summed E-state index contributed by atoms with van der Waals surface area (Å²) in [5.74, 6) is -4.07. The van der Waals surface area contributed by atoms with Crippen LogP contribution in [0, 0.1) is 0 Å². The second-order valence-electron chi connectivity index (χ2n) is 14.7. The summed E-state index contributed by atoms with van der Waals surface area (Å²) < 4.78 is 47.7. The topological polar surface area (TPSA) is 370 Å². The molecule has 0 bridgehead atoms. The van der Waals surface area contributed by atoms with Gasteiger partial charge in [-0.15, -0.1) is 0 Å². The summed E-state index contributed by atoms with van der Waals surface area (Å²) in [6, 6.07) is -2.45. The number of esters is 1. The van der Waals surface area contributed by atoms with Crippen LogP contribution in [-0.4, -0.2) is 239 Å². The van der Waals surface area contributed by atoms with Gasteiger partial charge in [0.2, 0.25) is 41.4 Å². The van der Waals surface area contributed by atoms with E-state index in [4.69, 9.17) is 48.4 Å². The third kappa shape index (κ3) is 44.8. The van der Waals surface area contributed by atoms with Crippen molar-refractivity contribution in [3.05, 3.63) is 0 Å². The van der Waals surface area contributed by atoms with Crippen LogP contribution in [-0.2, 0) is 81.0 Å². The zero-order valence-corrected chi connectivity index (χ0v) is 41.4. The number of aliphatic hydroxyl groups is 2. The highest BCUT2D eigenvalue weighted by Crippen LogP contribution is 2.04. The average Bonchev–Trinajstić information content (AvgIpc) is 3.31. The summed E-state index contributed by atoms with van der Waals surface area (Å²) in [5, 5.41) is 37.9. The lowest BCUT2D eigenvalue weighted by molar-refractivity contribution is -0.140. The van der Waals surface area contributed by atoms with E-state index >= 15 is 0 Å². The molecule has 27 nitrogen and oxygen atoms in total. The van der Waals surface area contributed by atoms with Crippen molar-refractivity contribution in [3.8, 4) is 0 Å². The van der Waals surface area contributed by atoms with E-state index in [-0.39, 0.29) is 50.5 Å². The van der Waals surface area contributed by atoms with Crippen LogP contribution in [0.4, 0.5) is 0 Å². The highest BCUT2D eigenvalue weighted by atomic mass is 32.2. The Bertz CT molecular complexity index is 1440. The summed E-state index contributed by atoms with van der Waals surface area (Å²) in [4.78, 5) is 95.0. The number of nitrogens with two attached hydrogens (primary N) is 1. The largest absolute Gasteiger partial charge is 0.465 e. The van der Waals surface area contributed by atoms with Gasteiger partial charge in [0.15, 0.2) is 0 Å². The van der Waals surface area contributed by atoms with E-state index in [0.717, 1.165) is 6.42 Å². The molecule has 0 aliphatic carbocycles. The van der Waals surface area contributed by atoms with E-state index in [1.165, 1.54) is 25.6 Å². The molecule has 0 saturated heterocycles. The Hall–Kier alpha value is -4.33. The monoisotopic (exact) mass is 1030 g/mol. The smallest absolute Gasteiger partial charge is 0.302 e. The van der Waals surface area contributed by atoms with Gasteiger partial charge >= 0.3 is 5.97 Å². The standard InChI is InChI=1S/C42H78N8O19S/c1-32(52)44-7-3-11-61-15-19-65-20-16-63-13-5-9-46-39(57)29-68-30-40(58)50-35(31-70-24-23-69-33(2)53)42(60)48-25-37(55)49-34(26-51)41(59)47-10-6-14-64-18-22-66-21-17-62-12-4-8-45-38(56)28-67-27-36(43)54/h34-35,39,46,51,57H,3-31H2,1-2H3,(H2,43,54)(H,44,52)(H,45,56)(H,47,59)(H,48,60)(H,49,55)(H,50,58)/t34-,35+,39?/m1/s1. The Morgan fingerprint density at radius 3 is 1.54 bits per heavy atom. The average molecular weight is 1030 g/mol. The number of carbonyl (C=O) groups excluding carboxylic acids is 8. The summed E-state index contributed by atoms with van der Waals surface area (Å²) >= 11 is 1.20. The van der Waals surface area contributed by atoms with Crippen LogP contribution in [0.1, 0.15) is 39.5 Å². The Kier molecular flexibility index (Phi) is 44.1. The van der Waals surface area contributed by atoms with Crippen molar-refractivity contribution in [2.45, 2.75) is 57.8 Å². The van der Waals surface area contributed by atoms with Gasteiger partial charge in [0.25, 0.3) is 0 Å². The normalized spacial score (nSPS) is 12.3. The molecule has 70 heavy (non-hydrogen) atoms. The van der Waals surface area contributed by atoms with Crippen molar-refractivity contribution < 1.29 is 91.2 Å². The fourth-order valence-electron chi connectivity index (χ4n) is 5.09. The van der Waals surface area contributed by atoms with Crippen molar-refractivity contribution in [3.63, 3.8) is 0 Å². The number of rotatable bonds is 49. The maximum atomic E-state index is 13.1. The minimum atomic E-state index is -1.31. The molecule has 3 atom stereocenters. The van der Waals surface area contributed by atoms with Crippen LogP contribution in [0.5, 0.6) is 0 Å². The lowest BCUT2D eigenvalue weighted by atomic mass is 10.2. The lowest BCUT2D eigenvalue weighted by Gasteiger charge is -2.20. The van der Waals surface area contributed by atoms with Crippen molar-refractivity contribution in [2.75, 3.05) is 163 Å². The van der Waals surface area contributed by atoms with E-state index in [2.05, 4.69) is 37.2 Å². The van der Waals surface area contributed by atoms with Crippen LogP contribution in [0.2, 0.25) is 0 Å². The molecule has 0 radical (unpaired) electrons.